The number of nitro groups is 4. The minimum atomic E-state index is -1.19. The highest BCUT2D eigenvalue weighted by Gasteiger charge is 2.32. The molecule has 0 saturated heterocycles. The van der Waals surface area contributed by atoms with Gasteiger partial charge in [0, 0.05) is 12.1 Å². The number of hydrogen-bond acceptors (Lipinski definition) is 8. The lowest BCUT2D eigenvalue weighted by Gasteiger charge is -2.20. The topological polar surface area (TPSA) is 173 Å². The monoisotopic (exact) mass is 602 g/mol. The van der Waals surface area contributed by atoms with Crippen molar-refractivity contribution in [2.24, 2.45) is 0 Å². The third kappa shape index (κ3) is 6.10. The second-order valence-corrected chi connectivity index (χ2v) is 9.67. The van der Waals surface area contributed by atoms with E-state index in [0.29, 0.717) is 11.1 Å². The Morgan fingerprint density at radius 3 is 1.18 bits per heavy atom. The first-order chi connectivity index (χ1) is 17.8. The fourth-order valence-electron chi connectivity index (χ4n) is 3.63. The predicted octanol–water partition coefficient (Wildman–Crippen LogP) is 7.84. The summed E-state index contributed by atoms with van der Waals surface area (Å²) in [6.45, 7) is 0. The number of halogens is 4. The van der Waals surface area contributed by atoms with E-state index in [9.17, 15) is 40.5 Å². The molecular formula is C22H14Cl4N4O8. The fraction of sp³-hybridized carbons (Fsp3) is 0.182. The molecule has 0 saturated carbocycles. The summed E-state index contributed by atoms with van der Waals surface area (Å²) < 4.78 is 0. The SMILES string of the molecule is O=[N+]([O-])c1ccc([C@H](Cl)[C@H](Cl)c2cccc([C@H](Cl)[C@@H](Cl)c3ccc([N+](=O)[O-])cc3[N+](=O)[O-])c2)c([N+](=O)[O-])c1. The maximum atomic E-state index is 11.5. The molecule has 198 valence electrons. The summed E-state index contributed by atoms with van der Waals surface area (Å²) in [5, 5.41) is 40.5. The Morgan fingerprint density at radius 1 is 0.500 bits per heavy atom. The molecule has 0 heterocycles. The molecule has 0 aliphatic carbocycles. The van der Waals surface area contributed by atoms with Crippen molar-refractivity contribution < 1.29 is 19.7 Å². The van der Waals surface area contributed by atoms with E-state index in [2.05, 4.69) is 0 Å². The van der Waals surface area contributed by atoms with E-state index < -0.39 is 64.0 Å². The number of benzene rings is 3. The first-order valence-corrected chi connectivity index (χ1v) is 12.1. The van der Waals surface area contributed by atoms with E-state index in [4.69, 9.17) is 46.4 Å². The average molecular weight is 604 g/mol. The van der Waals surface area contributed by atoms with Crippen molar-refractivity contribution in [3.05, 3.63) is 123 Å². The van der Waals surface area contributed by atoms with E-state index in [1.807, 2.05) is 0 Å². The van der Waals surface area contributed by atoms with Crippen LogP contribution in [0.3, 0.4) is 0 Å². The molecule has 0 radical (unpaired) electrons. The highest BCUT2D eigenvalue weighted by atomic mass is 35.5. The predicted molar refractivity (Wildman–Crippen MR) is 140 cm³/mol. The fourth-order valence-corrected chi connectivity index (χ4v) is 4.83. The zero-order chi connectivity index (χ0) is 28.3. The van der Waals surface area contributed by atoms with Gasteiger partial charge in [0.1, 0.15) is 0 Å². The van der Waals surface area contributed by atoms with Crippen molar-refractivity contribution in [2.75, 3.05) is 0 Å². The van der Waals surface area contributed by atoms with Crippen molar-refractivity contribution in [3.63, 3.8) is 0 Å². The molecule has 0 fully saturated rings. The molecule has 3 aromatic carbocycles. The van der Waals surface area contributed by atoms with Crippen LogP contribution in [0.4, 0.5) is 22.7 Å². The molecule has 12 nitrogen and oxygen atoms in total. The van der Waals surface area contributed by atoms with Crippen LogP contribution in [0.5, 0.6) is 0 Å². The lowest BCUT2D eigenvalue weighted by Crippen LogP contribution is -2.07. The summed E-state index contributed by atoms with van der Waals surface area (Å²) in [4.78, 5) is 41.9. The normalized spacial score (nSPS) is 14.2. The van der Waals surface area contributed by atoms with Gasteiger partial charge >= 0.3 is 0 Å². The first kappa shape index (κ1) is 29.0. The van der Waals surface area contributed by atoms with Gasteiger partial charge in [-0.25, -0.2) is 0 Å². The molecule has 0 N–H and O–H groups in total. The largest absolute Gasteiger partial charge is 0.281 e. The van der Waals surface area contributed by atoms with Gasteiger partial charge in [-0.2, -0.15) is 0 Å². The van der Waals surface area contributed by atoms with Crippen molar-refractivity contribution in [2.45, 2.75) is 21.5 Å². The van der Waals surface area contributed by atoms with E-state index in [0.717, 1.165) is 36.4 Å². The van der Waals surface area contributed by atoms with Crippen LogP contribution in [-0.4, -0.2) is 19.7 Å². The molecule has 16 heteroatoms. The lowest BCUT2D eigenvalue weighted by molar-refractivity contribution is -0.394. The van der Waals surface area contributed by atoms with E-state index >= 15 is 0 Å². The molecule has 0 unspecified atom stereocenters. The molecule has 0 aliphatic heterocycles. The molecule has 4 atom stereocenters. The molecule has 3 rings (SSSR count). The molecule has 0 aromatic heterocycles. The van der Waals surface area contributed by atoms with E-state index in [-0.39, 0.29) is 11.1 Å². The molecular weight excluding hydrogens is 590 g/mol. The minimum Gasteiger partial charge on any atom is -0.258 e. The maximum absolute atomic E-state index is 11.5. The highest BCUT2D eigenvalue weighted by Crippen LogP contribution is 2.47. The van der Waals surface area contributed by atoms with Gasteiger partial charge in [-0.1, -0.05) is 24.3 Å². The lowest BCUT2D eigenvalue weighted by atomic mass is 9.97. The molecule has 0 spiro atoms. The van der Waals surface area contributed by atoms with Gasteiger partial charge in [0.15, 0.2) is 0 Å². The zero-order valence-electron chi connectivity index (χ0n) is 18.6. The van der Waals surface area contributed by atoms with Crippen LogP contribution in [0.2, 0.25) is 0 Å². The van der Waals surface area contributed by atoms with Gasteiger partial charge in [-0.05, 0) is 23.3 Å². The Kier molecular flexibility index (Phi) is 9.05. The van der Waals surface area contributed by atoms with E-state index in [1.165, 1.54) is 6.07 Å². The molecule has 0 bridgehead atoms. The molecule has 3 aromatic rings. The smallest absolute Gasteiger partial charge is 0.258 e. The Balaban J connectivity index is 1.94. The second kappa shape index (κ2) is 11.9. The van der Waals surface area contributed by atoms with Gasteiger partial charge < -0.3 is 0 Å². The van der Waals surface area contributed by atoms with Crippen LogP contribution >= 0.6 is 46.4 Å². The number of hydrogen-bond donors (Lipinski definition) is 0. The van der Waals surface area contributed by atoms with Gasteiger partial charge in [0.05, 0.1) is 64.5 Å². The zero-order valence-corrected chi connectivity index (χ0v) is 21.7. The maximum Gasteiger partial charge on any atom is 0.281 e. The van der Waals surface area contributed by atoms with Crippen LogP contribution in [0.1, 0.15) is 43.8 Å². The number of nitrogens with zero attached hydrogens (tertiary/aromatic N) is 4. The van der Waals surface area contributed by atoms with Gasteiger partial charge in [-0.3, -0.25) is 40.5 Å². The van der Waals surface area contributed by atoms with E-state index in [1.54, 1.807) is 18.2 Å². The summed E-state index contributed by atoms with van der Waals surface area (Å²) in [5.74, 6) is 0. The molecule has 0 aliphatic rings. The van der Waals surface area contributed by atoms with Crippen molar-refractivity contribution >= 4 is 69.2 Å². The third-order valence-corrected chi connectivity index (χ3v) is 7.74. The third-order valence-electron chi connectivity index (χ3n) is 5.50. The number of rotatable bonds is 10. The molecule has 38 heavy (non-hydrogen) atoms. The van der Waals surface area contributed by atoms with Crippen LogP contribution in [-0.2, 0) is 0 Å². The summed E-state index contributed by atoms with van der Waals surface area (Å²) in [6.07, 6.45) is 0. The average Bonchev–Trinajstić information content (AvgIpc) is 2.90. The summed E-state index contributed by atoms with van der Waals surface area (Å²) in [6, 6.07) is 12.2. The Morgan fingerprint density at radius 2 is 0.868 bits per heavy atom. The number of nitro benzene ring substituents is 4. The molecule has 0 amide bonds. The first-order valence-electron chi connectivity index (χ1n) is 10.3. The van der Waals surface area contributed by atoms with Crippen molar-refractivity contribution in [1.82, 2.24) is 0 Å². The highest BCUT2D eigenvalue weighted by molar-refractivity contribution is 6.31. The van der Waals surface area contributed by atoms with Gasteiger partial charge in [0.2, 0.25) is 0 Å². The van der Waals surface area contributed by atoms with Crippen LogP contribution in [0, 0.1) is 40.5 Å². The van der Waals surface area contributed by atoms with Crippen molar-refractivity contribution in [1.29, 1.82) is 0 Å². The Bertz CT molecular complexity index is 1340. The Hall–Kier alpha value is -3.58. The Labute approximate surface area is 233 Å². The van der Waals surface area contributed by atoms with Gasteiger partial charge in [-0.15, -0.1) is 46.4 Å². The summed E-state index contributed by atoms with van der Waals surface area (Å²) in [7, 11) is 0. The minimum absolute atomic E-state index is 0.0492. The van der Waals surface area contributed by atoms with Crippen LogP contribution in [0.25, 0.3) is 0 Å². The number of alkyl halides is 4. The standard InChI is InChI=1S/C22H14Cl4N4O8/c23-19(21(25)15-6-4-13(27(31)32)9-17(15)29(35)36)11-2-1-3-12(8-11)20(24)22(26)16-7-5-14(28(33)34)10-18(16)30(37)38/h1-10,19-22H/t19-,20+,21-,22-/m0/s1. The van der Waals surface area contributed by atoms with Crippen molar-refractivity contribution in [3.8, 4) is 0 Å². The number of non-ortho nitro benzene ring substituents is 2. The summed E-state index contributed by atoms with van der Waals surface area (Å²) in [5.41, 5.74) is -1.51. The second-order valence-electron chi connectivity index (χ2n) is 7.79. The van der Waals surface area contributed by atoms with Gasteiger partial charge in [0.25, 0.3) is 22.7 Å². The van der Waals surface area contributed by atoms with Crippen LogP contribution in [0.15, 0.2) is 60.7 Å². The summed E-state index contributed by atoms with van der Waals surface area (Å²) >= 11 is 26.0. The van der Waals surface area contributed by atoms with Crippen LogP contribution < -0.4 is 0 Å². The quantitative estimate of drug-likeness (QED) is 0.128.